The Hall–Kier alpha value is -9.06. The van der Waals surface area contributed by atoms with Gasteiger partial charge < -0.3 is 63.0 Å². The van der Waals surface area contributed by atoms with Crippen LogP contribution in [0.5, 0.6) is 0 Å². The number of hydrogen-bond donors (Lipinski definition) is 10. The number of Topliss-reactive ketones (excluding diaryl/α,β-unsaturated/α-hetero) is 2. The molecule has 101 heavy (non-hydrogen) atoms. The fourth-order valence-electron chi connectivity index (χ4n) is 14.2. The molecule has 0 unspecified atom stereocenters. The monoisotopic (exact) mass is 1380 g/mol. The summed E-state index contributed by atoms with van der Waals surface area (Å²) in [5, 5.41) is 30.8. The Labute approximate surface area is 595 Å². The van der Waals surface area contributed by atoms with Gasteiger partial charge >= 0.3 is 0 Å². The maximum absolute atomic E-state index is 14.8. The molecule has 8 rings (SSSR count). The second-order valence-corrected chi connectivity index (χ2v) is 27.0. The van der Waals surface area contributed by atoms with Gasteiger partial charge in [0.25, 0.3) is 0 Å². The predicted molar refractivity (Wildman–Crippen MR) is 387 cm³/mol. The summed E-state index contributed by atoms with van der Waals surface area (Å²) < 4.78 is 0. The molecule has 22 heteroatoms. The van der Waals surface area contributed by atoms with Crippen molar-refractivity contribution in [3.63, 3.8) is 0 Å². The second kappa shape index (κ2) is 41.0. The highest BCUT2D eigenvalue weighted by molar-refractivity contribution is 5.98. The van der Waals surface area contributed by atoms with Gasteiger partial charge in [0.05, 0.1) is 12.1 Å². The minimum Gasteiger partial charge on any atom is -0.356 e. The summed E-state index contributed by atoms with van der Waals surface area (Å²) in [4.78, 5) is 142. The van der Waals surface area contributed by atoms with Crippen LogP contribution in [0.2, 0.25) is 0 Å². The molecule has 0 spiro atoms. The molecule has 4 aliphatic heterocycles. The lowest BCUT2D eigenvalue weighted by Gasteiger charge is -2.33. The fraction of sp³-hybridized carbons (Fsp3) is 0.519. The van der Waals surface area contributed by atoms with E-state index in [0.29, 0.717) is 121 Å². The van der Waals surface area contributed by atoms with Crippen LogP contribution in [0.25, 0.3) is 0 Å². The van der Waals surface area contributed by atoms with Gasteiger partial charge in [-0.25, -0.2) is 0 Å². The molecule has 4 aliphatic rings. The van der Waals surface area contributed by atoms with E-state index in [-0.39, 0.29) is 117 Å². The molecular formula is C79H104N12O10. The van der Waals surface area contributed by atoms with Crippen molar-refractivity contribution in [1.29, 1.82) is 0 Å². The number of likely N-dealkylation sites (N-methyl/N-ethyl adjacent to an activating group) is 2. The molecule has 8 amide bonds. The Morgan fingerprint density at radius 1 is 0.495 bits per heavy atom. The van der Waals surface area contributed by atoms with Crippen LogP contribution in [-0.4, -0.2) is 157 Å². The van der Waals surface area contributed by atoms with E-state index in [1.807, 2.05) is 67.6 Å². The van der Waals surface area contributed by atoms with E-state index in [0.717, 1.165) is 11.1 Å². The topological polar surface area (TPSA) is 297 Å². The number of amides is 8. The summed E-state index contributed by atoms with van der Waals surface area (Å²) in [6, 6.07) is 31.1. The van der Waals surface area contributed by atoms with E-state index in [1.165, 1.54) is 0 Å². The van der Waals surface area contributed by atoms with Crippen LogP contribution in [0.3, 0.4) is 0 Å². The van der Waals surface area contributed by atoms with E-state index in [2.05, 4.69) is 89.0 Å². The van der Waals surface area contributed by atoms with Crippen LogP contribution in [0.15, 0.2) is 121 Å². The molecular weight excluding hydrogens is 1280 g/mol. The lowest BCUT2D eigenvalue weighted by atomic mass is 9.90. The van der Waals surface area contributed by atoms with Crippen molar-refractivity contribution in [3.8, 4) is 23.7 Å². The number of nitrogens with one attached hydrogen (secondary N) is 10. The van der Waals surface area contributed by atoms with E-state index < -0.39 is 66.1 Å². The van der Waals surface area contributed by atoms with E-state index in [9.17, 15) is 47.9 Å². The highest BCUT2D eigenvalue weighted by atomic mass is 16.2. The number of carbonyl (C=O) groups is 10. The molecule has 10 N–H and O–H groups in total. The summed E-state index contributed by atoms with van der Waals surface area (Å²) >= 11 is 0. The highest BCUT2D eigenvalue weighted by Crippen LogP contribution is 2.37. The molecule has 0 aliphatic carbocycles. The van der Waals surface area contributed by atoms with Crippen LogP contribution in [0, 0.1) is 35.5 Å². The van der Waals surface area contributed by atoms with Crippen LogP contribution in [0.4, 0.5) is 0 Å². The van der Waals surface area contributed by atoms with Crippen molar-refractivity contribution in [3.05, 3.63) is 144 Å². The molecule has 0 bridgehead atoms. The molecule has 0 aromatic heterocycles. The zero-order chi connectivity index (χ0) is 71.9. The molecule has 4 aromatic carbocycles. The van der Waals surface area contributed by atoms with Crippen molar-refractivity contribution >= 4 is 58.8 Å². The van der Waals surface area contributed by atoms with Gasteiger partial charge in [0.2, 0.25) is 47.3 Å². The number of nitrogens with zero attached hydrogens (tertiary/aromatic N) is 2. The number of benzene rings is 4. The van der Waals surface area contributed by atoms with Crippen molar-refractivity contribution in [2.45, 2.75) is 209 Å². The van der Waals surface area contributed by atoms with Crippen LogP contribution in [-0.2, 0) is 61.0 Å². The predicted octanol–water partition coefficient (Wildman–Crippen LogP) is 5.67. The van der Waals surface area contributed by atoms with Gasteiger partial charge in [-0.3, -0.25) is 47.9 Å². The number of rotatable bonds is 37. The van der Waals surface area contributed by atoms with Crippen molar-refractivity contribution in [1.82, 2.24) is 63.0 Å². The fourth-order valence-corrected chi connectivity index (χ4v) is 14.2. The SMILES string of the molecule is CC[C@H](NC)C(=O)N[C@@H]1C(=O)N2[C@@H](CC[C@@H]1CCNCc1ccccc1)CC[C@H]2C(=O)N[C@H](C(=O)NCCCC(=O)CCC#CC#CCCC(=O)NCCCC(=O)[C@@H](NC(=O)[C@@H]1CC[C@@H]2CC[C@H](CCNCc3ccccc3)[C@H](NC(=O)[C@H](C)NC)C(=O)N21)c1ccccc1)c1ccccc1. The molecule has 0 radical (unpaired) electrons. The van der Waals surface area contributed by atoms with Crippen molar-refractivity contribution in [2.24, 2.45) is 11.8 Å². The van der Waals surface area contributed by atoms with Crippen molar-refractivity contribution < 1.29 is 47.9 Å². The molecule has 4 saturated heterocycles. The molecule has 4 fully saturated rings. The molecule has 12 atom stereocenters. The van der Waals surface area contributed by atoms with Crippen molar-refractivity contribution in [2.75, 3.05) is 40.3 Å². The summed E-state index contributed by atoms with van der Waals surface area (Å²) in [7, 11) is 3.40. The average Bonchev–Trinajstić information content (AvgIpc) is 1.65. The van der Waals surface area contributed by atoms with Gasteiger partial charge in [-0.05, 0) is 164 Å². The molecule has 0 saturated carbocycles. The Kier molecular flexibility index (Phi) is 31.5. The molecule has 4 aromatic rings. The largest absolute Gasteiger partial charge is 0.356 e. The zero-order valence-electron chi connectivity index (χ0n) is 59.1. The number of hydrogen-bond acceptors (Lipinski definition) is 14. The summed E-state index contributed by atoms with van der Waals surface area (Å²) in [5.41, 5.74) is 3.45. The molecule has 22 nitrogen and oxygen atoms in total. The standard InChI is InChI=1S/C79H104N12O10/c1-5-64(81-4)74(96)89-72-60(47-51-83-53-56-28-16-11-17-29-56)39-41-62-43-45-66(91(62)79(72)101)76(98)87-70(58-32-20-13-21-33-58)77(99)85-49-24-35-63(92)34-22-8-6-7-9-23-37-68(94)84-48-25-36-67(93)69(57-30-18-12-19-31-57)86-75(97)65-44-42-61-40-38-59(46-50-82-52-55-26-14-10-15-27-55)71(78(100)90(61)65)88-73(95)54(2)80-3/h10-21,26-33,54,59-62,64-66,69-72,80-83H,5,22-25,34-53H2,1-4H3,(H,84,94)(H,85,99)(H,86,97)(H,87,98)(H,88,95)(H,89,96)/t54-,59+,60+,61-,62-,64-,65-,66-,69-,70-,71-,72-/m0/s1. The Morgan fingerprint density at radius 3 is 1.46 bits per heavy atom. The third-order valence-corrected chi connectivity index (χ3v) is 20.1. The first kappa shape index (κ1) is 77.7. The quantitative estimate of drug-likeness (QED) is 0.0192. The minimum absolute atomic E-state index is 0.0412. The maximum Gasteiger partial charge on any atom is 0.247 e. The van der Waals surface area contributed by atoms with Gasteiger partial charge in [-0.15, -0.1) is 0 Å². The molecule has 4 heterocycles. The summed E-state index contributed by atoms with van der Waals surface area (Å²) in [6.45, 7) is 6.65. The van der Waals surface area contributed by atoms with Gasteiger partial charge in [-0.1, -0.05) is 140 Å². The Morgan fingerprint density at radius 2 is 0.950 bits per heavy atom. The van der Waals surface area contributed by atoms with Gasteiger partial charge in [0.15, 0.2) is 5.78 Å². The lowest BCUT2D eigenvalue weighted by molar-refractivity contribution is -0.144. The van der Waals surface area contributed by atoms with Gasteiger partial charge in [0.1, 0.15) is 42.0 Å². The smallest absolute Gasteiger partial charge is 0.247 e. The summed E-state index contributed by atoms with van der Waals surface area (Å²) in [5.74, 6) is 7.92. The van der Waals surface area contributed by atoms with Gasteiger partial charge in [-0.2, -0.15) is 0 Å². The number of fused-ring (bicyclic) bond motifs is 2. The third kappa shape index (κ3) is 23.2. The number of carbonyl (C=O) groups excluding carboxylic acids is 10. The van der Waals surface area contributed by atoms with E-state index in [4.69, 9.17) is 0 Å². The first-order chi connectivity index (χ1) is 49.1. The Balaban J connectivity index is 0.739. The second-order valence-electron chi connectivity index (χ2n) is 27.0. The first-order valence-electron chi connectivity index (χ1n) is 36.4. The molecule has 540 valence electrons. The number of ketones is 2. The summed E-state index contributed by atoms with van der Waals surface area (Å²) in [6.07, 6.45) is 8.37. The normalized spacial score (nSPS) is 21.2. The van der Waals surface area contributed by atoms with Crippen LogP contribution in [0.1, 0.15) is 170 Å². The van der Waals surface area contributed by atoms with Gasteiger partial charge in [0, 0.05) is 76.8 Å². The van der Waals surface area contributed by atoms with E-state index in [1.54, 1.807) is 79.3 Å². The zero-order valence-corrected chi connectivity index (χ0v) is 59.1. The van der Waals surface area contributed by atoms with Crippen LogP contribution < -0.4 is 53.2 Å². The first-order valence-corrected chi connectivity index (χ1v) is 36.4. The minimum atomic E-state index is -1.07. The van der Waals surface area contributed by atoms with E-state index >= 15 is 0 Å². The maximum atomic E-state index is 14.8. The third-order valence-electron chi connectivity index (χ3n) is 20.1. The Bertz CT molecular complexity index is 3520. The highest BCUT2D eigenvalue weighted by Gasteiger charge is 2.50. The lowest BCUT2D eigenvalue weighted by Crippen LogP contribution is -2.58. The van der Waals surface area contributed by atoms with Crippen LogP contribution >= 0.6 is 0 Å². The average molecular weight is 1380 g/mol.